The molecule has 0 fully saturated rings. The summed E-state index contributed by atoms with van der Waals surface area (Å²) in [4.78, 5) is 11.9. The summed E-state index contributed by atoms with van der Waals surface area (Å²) in [5.74, 6) is 0.847. The van der Waals surface area contributed by atoms with Crippen molar-refractivity contribution in [3.63, 3.8) is 0 Å². The zero-order valence-corrected chi connectivity index (χ0v) is 13.6. The molecule has 0 unspecified atom stereocenters. The fourth-order valence-electron chi connectivity index (χ4n) is 2.00. The number of hydrogen-bond acceptors (Lipinski definition) is 3. The summed E-state index contributed by atoms with van der Waals surface area (Å²) >= 11 is 5.80. The summed E-state index contributed by atoms with van der Waals surface area (Å²) in [5.41, 5.74) is 1.73. The van der Waals surface area contributed by atoms with E-state index in [4.69, 9.17) is 21.1 Å². The molecule has 5 heteroatoms. The first-order valence-electron chi connectivity index (χ1n) is 7.08. The summed E-state index contributed by atoms with van der Waals surface area (Å²) in [5, 5.41) is 3.35. The fourth-order valence-corrected chi connectivity index (χ4v) is 2.12. The van der Waals surface area contributed by atoms with Gasteiger partial charge in [0, 0.05) is 10.7 Å². The topological polar surface area (TPSA) is 47.6 Å². The van der Waals surface area contributed by atoms with E-state index in [1.54, 1.807) is 37.4 Å². The first kappa shape index (κ1) is 16.9. The molecule has 0 aliphatic heterocycles. The Bertz CT molecular complexity index is 683. The van der Waals surface area contributed by atoms with Crippen LogP contribution in [0.25, 0.3) is 0 Å². The van der Waals surface area contributed by atoms with Crippen molar-refractivity contribution in [2.24, 2.45) is 0 Å². The van der Waals surface area contributed by atoms with Crippen molar-refractivity contribution >= 4 is 23.2 Å². The smallest absolute Gasteiger partial charge is 0.262 e. The number of benzene rings is 2. The van der Waals surface area contributed by atoms with Gasteiger partial charge in [0.1, 0.15) is 0 Å². The highest BCUT2D eigenvalue weighted by Gasteiger charge is 2.09. The van der Waals surface area contributed by atoms with Gasteiger partial charge in [-0.25, -0.2) is 0 Å². The quantitative estimate of drug-likeness (QED) is 0.777. The Morgan fingerprint density at radius 2 is 1.96 bits per heavy atom. The summed E-state index contributed by atoms with van der Waals surface area (Å²) in [6.07, 6.45) is 2.56. The Balaban J connectivity index is 1.95. The van der Waals surface area contributed by atoms with Crippen LogP contribution in [0.3, 0.4) is 0 Å². The van der Waals surface area contributed by atoms with Crippen molar-refractivity contribution in [3.8, 4) is 11.5 Å². The highest BCUT2D eigenvalue weighted by Crippen LogP contribution is 2.28. The molecule has 0 bridgehead atoms. The van der Waals surface area contributed by atoms with E-state index in [2.05, 4.69) is 11.9 Å². The summed E-state index contributed by atoms with van der Waals surface area (Å²) in [7, 11) is 1.56. The van der Waals surface area contributed by atoms with Crippen molar-refractivity contribution in [2.45, 2.75) is 6.42 Å². The monoisotopic (exact) mass is 331 g/mol. The molecule has 23 heavy (non-hydrogen) atoms. The Labute approximate surface area is 140 Å². The van der Waals surface area contributed by atoms with Gasteiger partial charge in [0.2, 0.25) is 0 Å². The van der Waals surface area contributed by atoms with Crippen LogP contribution in [-0.4, -0.2) is 19.6 Å². The van der Waals surface area contributed by atoms with Crippen LogP contribution < -0.4 is 14.8 Å². The fraction of sp³-hybridized carbons (Fsp3) is 0.167. The summed E-state index contributed by atoms with van der Waals surface area (Å²) in [6.45, 7) is 3.59. The Hall–Kier alpha value is -2.46. The second-order valence-corrected chi connectivity index (χ2v) is 5.26. The minimum Gasteiger partial charge on any atom is -0.493 e. The minimum atomic E-state index is -0.260. The predicted molar refractivity (Wildman–Crippen MR) is 92.5 cm³/mol. The molecule has 0 atom stereocenters. The zero-order valence-electron chi connectivity index (χ0n) is 12.8. The second-order valence-electron chi connectivity index (χ2n) is 4.82. The lowest BCUT2D eigenvalue weighted by molar-refractivity contribution is -0.118. The number of allylic oxidation sites excluding steroid dienone is 1. The molecule has 4 nitrogen and oxygen atoms in total. The molecule has 1 N–H and O–H groups in total. The molecular weight excluding hydrogens is 314 g/mol. The molecule has 2 rings (SSSR count). The van der Waals surface area contributed by atoms with Crippen LogP contribution >= 0.6 is 11.6 Å². The summed E-state index contributed by atoms with van der Waals surface area (Å²) < 4.78 is 10.8. The van der Waals surface area contributed by atoms with Gasteiger partial charge in [-0.3, -0.25) is 4.79 Å². The van der Waals surface area contributed by atoms with E-state index in [-0.39, 0.29) is 12.5 Å². The largest absolute Gasteiger partial charge is 0.493 e. The molecule has 0 aliphatic rings. The van der Waals surface area contributed by atoms with Gasteiger partial charge in [-0.15, -0.1) is 6.58 Å². The van der Waals surface area contributed by atoms with Crippen molar-refractivity contribution < 1.29 is 14.3 Å². The SMILES string of the molecule is C=CCc1ccc(OCC(=O)Nc2ccc(Cl)cc2)c(OC)c1. The van der Waals surface area contributed by atoms with Crippen LogP contribution in [0.4, 0.5) is 5.69 Å². The van der Waals surface area contributed by atoms with E-state index >= 15 is 0 Å². The standard InChI is InChI=1S/C18H18ClNO3/c1-3-4-13-5-10-16(17(11-13)22-2)23-12-18(21)20-15-8-6-14(19)7-9-15/h3,5-11H,1,4,12H2,2H3,(H,20,21). The first-order valence-corrected chi connectivity index (χ1v) is 7.46. The van der Waals surface area contributed by atoms with Crippen molar-refractivity contribution in [1.29, 1.82) is 0 Å². The highest BCUT2D eigenvalue weighted by atomic mass is 35.5. The van der Waals surface area contributed by atoms with Gasteiger partial charge in [-0.2, -0.15) is 0 Å². The third kappa shape index (κ3) is 5.04. The van der Waals surface area contributed by atoms with Gasteiger partial charge in [-0.1, -0.05) is 23.7 Å². The number of anilines is 1. The first-order chi connectivity index (χ1) is 11.1. The van der Waals surface area contributed by atoms with Gasteiger partial charge in [0.25, 0.3) is 5.91 Å². The number of halogens is 1. The van der Waals surface area contributed by atoms with E-state index in [0.717, 1.165) is 12.0 Å². The molecule has 0 aromatic heterocycles. The molecule has 1 amide bonds. The molecule has 0 aliphatic carbocycles. The number of amides is 1. The van der Waals surface area contributed by atoms with E-state index in [1.165, 1.54) is 0 Å². The van der Waals surface area contributed by atoms with Crippen LogP contribution in [0, 0.1) is 0 Å². The van der Waals surface area contributed by atoms with Gasteiger partial charge < -0.3 is 14.8 Å². The van der Waals surface area contributed by atoms with Crippen LogP contribution in [-0.2, 0) is 11.2 Å². The van der Waals surface area contributed by atoms with Gasteiger partial charge >= 0.3 is 0 Å². The number of methoxy groups -OCH3 is 1. The van der Waals surface area contributed by atoms with E-state index in [9.17, 15) is 4.79 Å². The van der Waals surface area contributed by atoms with E-state index < -0.39 is 0 Å². The van der Waals surface area contributed by atoms with Gasteiger partial charge in [0.05, 0.1) is 7.11 Å². The average Bonchev–Trinajstić information content (AvgIpc) is 2.56. The van der Waals surface area contributed by atoms with Crippen LogP contribution in [0.2, 0.25) is 5.02 Å². The molecule has 0 radical (unpaired) electrons. The predicted octanol–water partition coefficient (Wildman–Crippen LogP) is 4.09. The molecule has 2 aromatic rings. The lowest BCUT2D eigenvalue weighted by atomic mass is 10.1. The molecule has 0 saturated carbocycles. The second kappa shape index (κ2) is 8.25. The average molecular weight is 332 g/mol. The number of rotatable bonds is 7. The maximum Gasteiger partial charge on any atom is 0.262 e. The van der Waals surface area contributed by atoms with Crippen LogP contribution in [0.5, 0.6) is 11.5 Å². The third-order valence-corrected chi connectivity index (χ3v) is 3.35. The van der Waals surface area contributed by atoms with Crippen molar-refractivity contribution in [3.05, 3.63) is 65.7 Å². The maximum absolute atomic E-state index is 11.9. The lowest BCUT2D eigenvalue weighted by Crippen LogP contribution is -2.20. The molecule has 0 spiro atoms. The van der Waals surface area contributed by atoms with Crippen molar-refractivity contribution in [2.75, 3.05) is 19.0 Å². The Morgan fingerprint density at radius 1 is 1.22 bits per heavy atom. The number of nitrogens with one attached hydrogen (secondary N) is 1. The van der Waals surface area contributed by atoms with Gasteiger partial charge in [-0.05, 0) is 48.4 Å². The Kier molecular flexibility index (Phi) is 6.06. The van der Waals surface area contributed by atoms with E-state index in [0.29, 0.717) is 22.2 Å². The maximum atomic E-state index is 11.9. The van der Waals surface area contributed by atoms with Crippen molar-refractivity contribution in [1.82, 2.24) is 0 Å². The van der Waals surface area contributed by atoms with Gasteiger partial charge in [0.15, 0.2) is 18.1 Å². The number of ether oxygens (including phenoxy) is 2. The molecule has 0 saturated heterocycles. The number of hydrogen-bond donors (Lipinski definition) is 1. The normalized spacial score (nSPS) is 10.0. The number of carbonyl (C=O) groups excluding carboxylic acids is 1. The highest BCUT2D eigenvalue weighted by molar-refractivity contribution is 6.30. The molecule has 2 aromatic carbocycles. The van der Waals surface area contributed by atoms with Crippen LogP contribution in [0.1, 0.15) is 5.56 Å². The summed E-state index contributed by atoms with van der Waals surface area (Å²) in [6, 6.07) is 12.4. The number of carbonyl (C=O) groups is 1. The van der Waals surface area contributed by atoms with E-state index in [1.807, 2.05) is 18.2 Å². The zero-order chi connectivity index (χ0) is 16.7. The molecule has 120 valence electrons. The molecule has 0 heterocycles. The third-order valence-electron chi connectivity index (χ3n) is 3.09. The van der Waals surface area contributed by atoms with Crippen LogP contribution in [0.15, 0.2) is 55.1 Å². The minimum absolute atomic E-state index is 0.111. The lowest BCUT2D eigenvalue weighted by Gasteiger charge is -2.12. The Morgan fingerprint density at radius 3 is 2.61 bits per heavy atom. The molecular formula is C18H18ClNO3.